The van der Waals surface area contributed by atoms with Crippen LogP contribution in [0.2, 0.25) is 0 Å². The minimum Gasteiger partial charge on any atom is -0.461 e. The summed E-state index contributed by atoms with van der Waals surface area (Å²) in [7, 11) is 0. The number of nitrogens with two attached hydrogens (primary N) is 1. The van der Waals surface area contributed by atoms with Gasteiger partial charge in [-0.1, -0.05) is 18.2 Å². The monoisotopic (exact) mass is 349 g/mol. The van der Waals surface area contributed by atoms with Crippen LogP contribution in [0.4, 0.5) is 4.39 Å². The van der Waals surface area contributed by atoms with Crippen molar-refractivity contribution >= 4 is 17.8 Å². The standard InChI is InChI=1S/C18H21FN2O4/c1-4-21-15(22)12-13(16(21)23)18(3,17(24)25-5-2)20-14(12)10-8-6-7-9-11(10)19/h6-9,12-14,20H,4-5H2,1-3H3/p+1/t12-,13+,14-,18+/m0/s1. The lowest BCUT2D eigenvalue weighted by Gasteiger charge is -2.25. The molecule has 0 aliphatic carbocycles. The summed E-state index contributed by atoms with van der Waals surface area (Å²) in [6, 6.07) is 5.51. The Morgan fingerprint density at radius 3 is 2.56 bits per heavy atom. The number of likely N-dealkylation sites (tertiary alicyclic amines) is 1. The molecule has 0 bridgehead atoms. The zero-order chi connectivity index (χ0) is 18.4. The van der Waals surface area contributed by atoms with Crippen molar-refractivity contribution in [1.82, 2.24) is 4.90 Å². The number of benzene rings is 1. The SMILES string of the molecule is CCOC(=O)[C@]1(C)[NH2+][C@@H](c2ccccc2F)[C@H]2C(=O)N(CC)C(=O)[C@@H]21. The Morgan fingerprint density at radius 2 is 1.96 bits per heavy atom. The van der Waals surface area contributed by atoms with Crippen LogP contribution in [0.25, 0.3) is 0 Å². The first kappa shape index (κ1) is 17.5. The minimum atomic E-state index is -1.26. The molecule has 2 saturated heterocycles. The van der Waals surface area contributed by atoms with Gasteiger partial charge in [-0.3, -0.25) is 14.5 Å². The van der Waals surface area contributed by atoms with Crippen LogP contribution in [0, 0.1) is 17.7 Å². The van der Waals surface area contributed by atoms with E-state index in [9.17, 15) is 18.8 Å². The van der Waals surface area contributed by atoms with E-state index in [2.05, 4.69) is 0 Å². The van der Waals surface area contributed by atoms with Gasteiger partial charge >= 0.3 is 5.97 Å². The third kappa shape index (κ3) is 2.45. The van der Waals surface area contributed by atoms with Crippen molar-refractivity contribution in [2.24, 2.45) is 11.8 Å². The molecule has 6 nitrogen and oxygen atoms in total. The van der Waals surface area contributed by atoms with Crippen molar-refractivity contribution in [2.45, 2.75) is 32.4 Å². The Bertz CT molecular complexity index is 738. The summed E-state index contributed by atoms with van der Waals surface area (Å²) in [6.07, 6.45) is 0. The van der Waals surface area contributed by atoms with Gasteiger partial charge in [-0.25, -0.2) is 9.18 Å². The molecule has 0 aromatic heterocycles. The third-order valence-corrected chi connectivity index (χ3v) is 5.30. The van der Waals surface area contributed by atoms with Crippen LogP contribution in [-0.2, 0) is 19.1 Å². The summed E-state index contributed by atoms with van der Waals surface area (Å²) in [5, 5.41) is 1.63. The van der Waals surface area contributed by atoms with Gasteiger partial charge < -0.3 is 10.1 Å². The molecule has 0 spiro atoms. The molecule has 2 N–H and O–H groups in total. The van der Waals surface area contributed by atoms with Crippen molar-refractivity contribution in [2.75, 3.05) is 13.2 Å². The van der Waals surface area contributed by atoms with Crippen LogP contribution in [0.15, 0.2) is 24.3 Å². The third-order valence-electron chi connectivity index (χ3n) is 5.30. The Kier molecular flexibility index (Phi) is 4.36. The first-order valence-corrected chi connectivity index (χ1v) is 8.49. The van der Waals surface area contributed by atoms with Gasteiger partial charge in [0, 0.05) is 19.0 Å². The molecule has 1 aromatic carbocycles. The number of amides is 2. The molecule has 2 amide bonds. The molecule has 3 rings (SSSR count). The number of carbonyl (C=O) groups is 3. The summed E-state index contributed by atoms with van der Waals surface area (Å²) in [5.74, 6) is -3.38. The number of rotatable bonds is 4. The van der Waals surface area contributed by atoms with Crippen LogP contribution >= 0.6 is 0 Å². The highest BCUT2D eigenvalue weighted by molar-refractivity contribution is 6.08. The van der Waals surface area contributed by atoms with E-state index in [1.165, 1.54) is 6.07 Å². The van der Waals surface area contributed by atoms with Crippen molar-refractivity contribution in [1.29, 1.82) is 0 Å². The number of hydrogen-bond donors (Lipinski definition) is 1. The number of hydrogen-bond acceptors (Lipinski definition) is 4. The highest BCUT2D eigenvalue weighted by Crippen LogP contribution is 2.44. The van der Waals surface area contributed by atoms with Gasteiger partial charge in [-0.05, 0) is 19.9 Å². The van der Waals surface area contributed by atoms with Crippen LogP contribution in [-0.4, -0.2) is 41.4 Å². The van der Waals surface area contributed by atoms with Crippen LogP contribution in [0.3, 0.4) is 0 Å². The first-order chi connectivity index (χ1) is 11.9. The van der Waals surface area contributed by atoms with Gasteiger partial charge in [0.25, 0.3) is 0 Å². The highest BCUT2D eigenvalue weighted by atomic mass is 19.1. The van der Waals surface area contributed by atoms with Crippen molar-refractivity contribution in [3.8, 4) is 0 Å². The first-order valence-electron chi connectivity index (χ1n) is 8.49. The average molecular weight is 349 g/mol. The van der Waals surface area contributed by atoms with E-state index in [0.29, 0.717) is 5.56 Å². The molecule has 0 radical (unpaired) electrons. The Labute approximate surface area is 145 Å². The molecule has 25 heavy (non-hydrogen) atoms. The predicted octanol–water partition coefficient (Wildman–Crippen LogP) is 0.387. The topological polar surface area (TPSA) is 80.3 Å². The lowest BCUT2D eigenvalue weighted by molar-refractivity contribution is -0.731. The minimum absolute atomic E-state index is 0.170. The Morgan fingerprint density at radius 1 is 1.28 bits per heavy atom. The molecule has 2 fully saturated rings. The van der Waals surface area contributed by atoms with E-state index < -0.39 is 35.2 Å². The zero-order valence-electron chi connectivity index (χ0n) is 14.5. The number of esters is 1. The van der Waals surface area contributed by atoms with Crippen molar-refractivity contribution in [3.05, 3.63) is 35.6 Å². The molecule has 7 heteroatoms. The normalized spacial score (nSPS) is 31.4. The molecule has 0 saturated carbocycles. The zero-order valence-corrected chi connectivity index (χ0v) is 14.5. The number of ether oxygens (including phenoxy) is 1. The van der Waals surface area contributed by atoms with Gasteiger partial charge in [-0.2, -0.15) is 0 Å². The van der Waals surface area contributed by atoms with E-state index in [1.54, 1.807) is 44.3 Å². The maximum Gasteiger partial charge on any atom is 0.368 e. The smallest absolute Gasteiger partial charge is 0.368 e. The second-order valence-corrected chi connectivity index (χ2v) is 6.64. The van der Waals surface area contributed by atoms with Gasteiger partial charge in [-0.15, -0.1) is 0 Å². The van der Waals surface area contributed by atoms with Gasteiger partial charge in [0.2, 0.25) is 17.4 Å². The largest absolute Gasteiger partial charge is 0.461 e. The van der Waals surface area contributed by atoms with E-state index in [-0.39, 0.29) is 25.0 Å². The molecule has 1 aromatic rings. The molecule has 2 aliphatic rings. The van der Waals surface area contributed by atoms with Gasteiger partial charge in [0.05, 0.1) is 6.61 Å². The quantitative estimate of drug-likeness (QED) is 0.630. The number of quaternary nitrogens is 1. The van der Waals surface area contributed by atoms with Crippen LogP contribution in [0.5, 0.6) is 0 Å². The summed E-state index contributed by atoms with van der Waals surface area (Å²) >= 11 is 0. The lowest BCUT2D eigenvalue weighted by atomic mass is 9.80. The summed E-state index contributed by atoms with van der Waals surface area (Å²) in [4.78, 5) is 39.4. The van der Waals surface area contributed by atoms with E-state index >= 15 is 0 Å². The second-order valence-electron chi connectivity index (χ2n) is 6.64. The number of halogens is 1. The summed E-state index contributed by atoms with van der Waals surface area (Å²) in [6.45, 7) is 5.40. The highest BCUT2D eigenvalue weighted by Gasteiger charge is 2.70. The Balaban J connectivity index is 2.11. The number of imide groups is 1. The van der Waals surface area contributed by atoms with Crippen molar-refractivity contribution in [3.63, 3.8) is 0 Å². The summed E-state index contributed by atoms with van der Waals surface area (Å²) in [5.41, 5.74) is -0.936. The molecule has 2 heterocycles. The molecule has 4 atom stereocenters. The Hall–Kier alpha value is -2.28. The molecule has 0 unspecified atom stereocenters. The lowest BCUT2D eigenvalue weighted by Crippen LogP contribution is -2.97. The maximum absolute atomic E-state index is 14.4. The molecule has 2 aliphatic heterocycles. The van der Waals surface area contributed by atoms with Gasteiger partial charge in [0.15, 0.2) is 0 Å². The fourth-order valence-electron chi connectivity index (χ4n) is 4.15. The number of fused-ring (bicyclic) bond motifs is 1. The van der Waals surface area contributed by atoms with E-state index in [0.717, 1.165) is 4.90 Å². The molecular weight excluding hydrogens is 327 g/mol. The van der Waals surface area contributed by atoms with E-state index in [4.69, 9.17) is 4.74 Å². The van der Waals surface area contributed by atoms with Gasteiger partial charge in [0.1, 0.15) is 23.7 Å². The fourth-order valence-corrected chi connectivity index (χ4v) is 4.15. The maximum atomic E-state index is 14.4. The molecule has 134 valence electrons. The van der Waals surface area contributed by atoms with Crippen LogP contribution in [0.1, 0.15) is 32.4 Å². The van der Waals surface area contributed by atoms with Crippen LogP contribution < -0.4 is 5.32 Å². The number of nitrogens with zero attached hydrogens (tertiary/aromatic N) is 1. The average Bonchev–Trinajstić information content (AvgIpc) is 3.03. The predicted molar refractivity (Wildman–Crippen MR) is 85.5 cm³/mol. The summed E-state index contributed by atoms with van der Waals surface area (Å²) < 4.78 is 19.5. The molecular formula is C18H22FN2O4+. The van der Waals surface area contributed by atoms with Crippen molar-refractivity contribution < 1.29 is 28.8 Å². The number of carbonyl (C=O) groups excluding carboxylic acids is 3. The fraction of sp³-hybridized carbons (Fsp3) is 0.500. The van der Waals surface area contributed by atoms with E-state index in [1.807, 2.05) is 0 Å². The second kappa shape index (κ2) is 6.22.